The second-order valence-corrected chi connectivity index (χ2v) is 5.22. The molecule has 0 N–H and O–H groups in total. The fourth-order valence-corrected chi connectivity index (χ4v) is 2.84. The van der Waals surface area contributed by atoms with Crippen molar-refractivity contribution >= 4 is 22.4 Å². The third-order valence-electron chi connectivity index (χ3n) is 3.58. The van der Waals surface area contributed by atoms with Gasteiger partial charge < -0.3 is 4.74 Å². The molecule has 0 bridgehead atoms. The standard InChI is InChI=1S/C17H11ClO/c18-14-6-5-11-9-16-13(7-12(11)8-14)10-19-17-4-2-1-3-15(16)17/h1-9H,10H2. The van der Waals surface area contributed by atoms with Gasteiger partial charge in [-0.3, -0.25) is 0 Å². The summed E-state index contributed by atoms with van der Waals surface area (Å²) in [6.07, 6.45) is 0. The van der Waals surface area contributed by atoms with E-state index in [1.54, 1.807) is 0 Å². The molecule has 2 heteroatoms. The molecular weight excluding hydrogens is 256 g/mol. The minimum absolute atomic E-state index is 0.620. The van der Waals surface area contributed by atoms with Gasteiger partial charge in [0.05, 0.1) is 0 Å². The maximum absolute atomic E-state index is 6.05. The monoisotopic (exact) mass is 266 g/mol. The van der Waals surface area contributed by atoms with Crippen LogP contribution in [0.25, 0.3) is 21.9 Å². The highest BCUT2D eigenvalue weighted by molar-refractivity contribution is 6.31. The first-order valence-electron chi connectivity index (χ1n) is 6.26. The first-order valence-corrected chi connectivity index (χ1v) is 6.63. The van der Waals surface area contributed by atoms with Crippen LogP contribution in [0.3, 0.4) is 0 Å². The summed E-state index contributed by atoms with van der Waals surface area (Å²) in [4.78, 5) is 0. The third kappa shape index (κ3) is 1.70. The summed E-state index contributed by atoms with van der Waals surface area (Å²) in [6.45, 7) is 0.620. The molecular formula is C17H11ClO. The summed E-state index contributed by atoms with van der Waals surface area (Å²) < 4.78 is 5.80. The number of ether oxygens (including phenoxy) is 1. The number of halogens is 1. The van der Waals surface area contributed by atoms with Crippen molar-refractivity contribution in [3.05, 3.63) is 65.2 Å². The van der Waals surface area contributed by atoms with Crippen LogP contribution < -0.4 is 4.74 Å². The largest absolute Gasteiger partial charge is 0.488 e. The Labute approximate surface area is 116 Å². The second-order valence-electron chi connectivity index (χ2n) is 4.79. The molecule has 1 aliphatic heterocycles. The van der Waals surface area contributed by atoms with Crippen LogP contribution in [-0.4, -0.2) is 0 Å². The van der Waals surface area contributed by atoms with Gasteiger partial charge in [-0.05, 0) is 52.2 Å². The van der Waals surface area contributed by atoms with Crippen LogP contribution in [0.4, 0.5) is 0 Å². The first-order chi connectivity index (χ1) is 9.31. The van der Waals surface area contributed by atoms with Gasteiger partial charge in [0.25, 0.3) is 0 Å². The van der Waals surface area contributed by atoms with E-state index in [0.29, 0.717) is 6.61 Å². The van der Waals surface area contributed by atoms with E-state index >= 15 is 0 Å². The Balaban J connectivity index is 2.03. The Morgan fingerprint density at radius 3 is 2.68 bits per heavy atom. The van der Waals surface area contributed by atoms with E-state index < -0.39 is 0 Å². The molecule has 0 fully saturated rings. The fourth-order valence-electron chi connectivity index (χ4n) is 2.66. The Hall–Kier alpha value is -1.99. The quantitative estimate of drug-likeness (QED) is 0.553. The van der Waals surface area contributed by atoms with Gasteiger partial charge in [-0.1, -0.05) is 35.9 Å². The van der Waals surface area contributed by atoms with Crippen LogP contribution in [0.5, 0.6) is 5.75 Å². The zero-order valence-electron chi connectivity index (χ0n) is 10.2. The van der Waals surface area contributed by atoms with Gasteiger partial charge in [0.2, 0.25) is 0 Å². The summed E-state index contributed by atoms with van der Waals surface area (Å²) in [5.74, 6) is 0.961. The lowest BCUT2D eigenvalue weighted by molar-refractivity contribution is 0.302. The molecule has 0 amide bonds. The number of fused-ring (bicyclic) bond motifs is 4. The molecule has 0 radical (unpaired) electrons. The molecule has 0 spiro atoms. The summed E-state index contributed by atoms with van der Waals surface area (Å²) in [6, 6.07) is 18.6. The van der Waals surface area contributed by atoms with Gasteiger partial charge in [0, 0.05) is 10.6 Å². The van der Waals surface area contributed by atoms with Gasteiger partial charge in [0.15, 0.2) is 0 Å². The van der Waals surface area contributed by atoms with Gasteiger partial charge in [0.1, 0.15) is 12.4 Å². The predicted molar refractivity (Wildman–Crippen MR) is 78.7 cm³/mol. The number of benzene rings is 3. The number of hydrogen-bond acceptors (Lipinski definition) is 1. The molecule has 0 aromatic heterocycles. The highest BCUT2D eigenvalue weighted by atomic mass is 35.5. The van der Waals surface area contributed by atoms with Gasteiger partial charge in [-0.2, -0.15) is 0 Å². The zero-order valence-corrected chi connectivity index (χ0v) is 10.9. The predicted octanol–water partition coefficient (Wildman–Crippen LogP) is 5.05. The van der Waals surface area contributed by atoms with Crippen LogP contribution in [-0.2, 0) is 6.61 Å². The van der Waals surface area contributed by atoms with E-state index in [1.165, 1.54) is 22.1 Å². The summed E-state index contributed by atoms with van der Waals surface area (Å²) in [7, 11) is 0. The Morgan fingerprint density at radius 2 is 1.74 bits per heavy atom. The third-order valence-corrected chi connectivity index (χ3v) is 3.82. The number of rotatable bonds is 0. The van der Waals surface area contributed by atoms with E-state index in [-0.39, 0.29) is 0 Å². The molecule has 3 aromatic rings. The highest BCUT2D eigenvalue weighted by Crippen LogP contribution is 2.39. The van der Waals surface area contributed by atoms with E-state index in [0.717, 1.165) is 16.2 Å². The lowest BCUT2D eigenvalue weighted by Gasteiger charge is -2.21. The van der Waals surface area contributed by atoms with Gasteiger partial charge >= 0.3 is 0 Å². The van der Waals surface area contributed by atoms with Crippen LogP contribution >= 0.6 is 11.6 Å². The molecule has 1 nitrogen and oxygen atoms in total. The van der Waals surface area contributed by atoms with Crippen molar-refractivity contribution in [2.75, 3.05) is 0 Å². The molecule has 0 unspecified atom stereocenters. The van der Waals surface area contributed by atoms with E-state index in [2.05, 4.69) is 24.3 Å². The molecule has 0 saturated heterocycles. The summed E-state index contributed by atoms with van der Waals surface area (Å²) in [5, 5.41) is 3.14. The topological polar surface area (TPSA) is 9.23 Å². The average molecular weight is 267 g/mol. The molecule has 3 aromatic carbocycles. The highest BCUT2D eigenvalue weighted by Gasteiger charge is 2.17. The minimum atomic E-state index is 0.620. The molecule has 19 heavy (non-hydrogen) atoms. The molecule has 4 rings (SSSR count). The number of para-hydroxylation sites is 1. The molecule has 1 heterocycles. The molecule has 0 saturated carbocycles. The van der Waals surface area contributed by atoms with Gasteiger partial charge in [-0.15, -0.1) is 0 Å². The lowest BCUT2D eigenvalue weighted by Crippen LogP contribution is -2.05. The van der Waals surface area contributed by atoms with Crippen LogP contribution in [0.2, 0.25) is 5.02 Å². The molecule has 0 atom stereocenters. The second kappa shape index (κ2) is 4.01. The normalized spacial score (nSPS) is 12.7. The van der Waals surface area contributed by atoms with Crippen molar-refractivity contribution < 1.29 is 4.74 Å². The zero-order chi connectivity index (χ0) is 12.8. The van der Waals surface area contributed by atoms with Crippen molar-refractivity contribution in [1.82, 2.24) is 0 Å². The van der Waals surface area contributed by atoms with E-state index in [1.807, 2.05) is 30.3 Å². The molecule has 1 aliphatic rings. The van der Waals surface area contributed by atoms with Crippen molar-refractivity contribution in [3.63, 3.8) is 0 Å². The summed E-state index contributed by atoms with van der Waals surface area (Å²) in [5.41, 5.74) is 3.64. The van der Waals surface area contributed by atoms with Crippen LogP contribution in [0, 0.1) is 0 Å². The van der Waals surface area contributed by atoms with Crippen molar-refractivity contribution in [2.45, 2.75) is 6.61 Å². The average Bonchev–Trinajstić information content (AvgIpc) is 2.45. The smallest absolute Gasteiger partial charge is 0.127 e. The fraction of sp³-hybridized carbons (Fsp3) is 0.0588. The maximum Gasteiger partial charge on any atom is 0.127 e. The Morgan fingerprint density at radius 1 is 0.842 bits per heavy atom. The van der Waals surface area contributed by atoms with Crippen molar-refractivity contribution in [2.24, 2.45) is 0 Å². The van der Waals surface area contributed by atoms with Gasteiger partial charge in [-0.25, -0.2) is 0 Å². The molecule has 92 valence electrons. The molecule has 0 aliphatic carbocycles. The maximum atomic E-state index is 6.05. The minimum Gasteiger partial charge on any atom is -0.488 e. The Bertz CT molecular complexity index is 792. The van der Waals surface area contributed by atoms with Crippen LogP contribution in [0.15, 0.2) is 54.6 Å². The van der Waals surface area contributed by atoms with Crippen molar-refractivity contribution in [1.29, 1.82) is 0 Å². The lowest BCUT2D eigenvalue weighted by atomic mass is 9.94. The van der Waals surface area contributed by atoms with E-state index in [9.17, 15) is 0 Å². The van der Waals surface area contributed by atoms with Crippen LogP contribution in [0.1, 0.15) is 5.56 Å². The summed E-state index contributed by atoms with van der Waals surface area (Å²) >= 11 is 6.05. The van der Waals surface area contributed by atoms with E-state index in [4.69, 9.17) is 16.3 Å². The first kappa shape index (κ1) is 10.9. The Kier molecular flexibility index (Phi) is 2.30. The number of hydrogen-bond donors (Lipinski definition) is 0. The SMILES string of the molecule is Clc1ccc2cc3c(cc2c1)COc1ccccc1-3. The van der Waals surface area contributed by atoms with Crippen molar-refractivity contribution in [3.8, 4) is 16.9 Å².